The van der Waals surface area contributed by atoms with E-state index in [0.717, 1.165) is 5.56 Å². The van der Waals surface area contributed by atoms with Crippen molar-refractivity contribution >= 4 is 29.1 Å². The largest absolute Gasteiger partial charge is 0.507 e. The van der Waals surface area contributed by atoms with Gasteiger partial charge in [-0.1, -0.05) is 41.9 Å². The van der Waals surface area contributed by atoms with Gasteiger partial charge in [0.05, 0.1) is 29.6 Å². The summed E-state index contributed by atoms with van der Waals surface area (Å²) >= 11 is 6.30. The van der Waals surface area contributed by atoms with Gasteiger partial charge in [0.2, 0.25) is 0 Å². The molecule has 170 valence electrons. The number of halogens is 1. The highest BCUT2D eigenvalue weighted by Gasteiger charge is 2.45. The SMILES string of the molecule is CCOc1ccc(C(O)=C2C(=O)C(=O)N(CCCn3ccnc3)[C@H]2c2ccccc2)cc1Cl. The van der Waals surface area contributed by atoms with Gasteiger partial charge in [0.1, 0.15) is 11.5 Å². The maximum atomic E-state index is 13.1. The molecular formula is C25H24ClN3O4. The first-order valence-corrected chi connectivity index (χ1v) is 11.1. The zero-order valence-corrected chi connectivity index (χ0v) is 18.9. The van der Waals surface area contributed by atoms with E-state index in [9.17, 15) is 14.7 Å². The van der Waals surface area contributed by atoms with E-state index in [1.54, 1.807) is 24.7 Å². The van der Waals surface area contributed by atoms with E-state index in [1.165, 1.54) is 11.0 Å². The minimum absolute atomic E-state index is 0.0501. The van der Waals surface area contributed by atoms with Crippen LogP contribution < -0.4 is 4.74 Å². The van der Waals surface area contributed by atoms with Gasteiger partial charge in [0.25, 0.3) is 11.7 Å². The Morgan fingerprint density at radius 3 is 2.61 bits per heavy atom. The molecule has 1 aliphatic rings. The summed E-state index contributed by atoms with van der Waals surface area (Å²) in [5.74, 6) is -1.12. The third-order valence-corrected chi connectivity index (χ3v) is 5.83. The van der Waals surface area contributed by atoms with Gasteiger partial charge in [0, 0.05) is 31.0 Å². The number of imidazole rings is 1. The first-order valence-electron chi connectivity index (χ1n) is 10.7. The average molecular weight is 466 g/mol. The Bertz CT molecular complexity index is 1180. The second-order valence-corrected chi connectivity index (χ2v) is 8.04. The molecule has 3 aromatic rings. The molecule has 0 saturated carbocycles. The van der Waals surface area contributed by atoms with Gasteiger partial charge in [-0.3, -0.25) is 9.59 Å². The standard InChI is InChI=1S/C25H24ClN3O4/c1-2-33-20-10-9-18(15-19(20)26)23(30)21-22(17-7-4-3-5-8-17)29(25(32)24(21)31)13-6-12-28-14-11-27-16-28/h3-5,7-11,14-16,22,30H,2,6,12-13H2,1H3/t22-/m0/s1. The number of aliphatic hydroxyl groups is 1. The zero-order valence-electron chi connectivity index (χ0n) is 18.1. The van der Waals surface area contributed by atoms with Crippen molar-refractivity contribution in [3.63, 3.8) is 0 Å². The Kier molecular flexibility index (Phi) is 6.79. The third kappa shape index (κ3) is 4.64. The number of amides is 1. The normalized spacial score (nSPS) is 17.5. The molecule has 4 rings (SSSR count). The number of benzene rings is 2. The van der Waals surface area contributed by atoms with Crippen molar-refractivity contribution in [3.05, 3.63) is 89.0 Å². The summed E-state index contributed by atoms with van der Waals surface area (Å²) in [6.07, 6.45) is 5.87. The quantitative estimate of drug-likeness (QED) is 0.302. The number of aromatic nitrogens is 2. The van der Waals surface area contributed by atoms with E-state index in [0.29, 0.717) is 42.5 Å². The summed E-state index contributed by atoms with van der Waals surface area (Å²) < 4.78 is 7.36. The fraction of sp³-hybridized carbons (Fsp3) is 0.240. The molecule has 1 amide bonds. The van der Waals surface area contributed by atoms with Crippen LogP contribution in [0.4, 0.5) is 0 Å². The average Bonchev–Trinajstić information content (AvgIpc) is 3.43. The summed E-state index contributed by atoms with van der Waals surface area (Å²) in [6.45, 7) is 3.30. The minimum Gasteiger partial charge on any atom is -0.507 e. The number of rotatable bonds is 8. The molecule has 1 aromatic heterocycles. The predicted molar refractivity (Wildman–Crippen MR) is 125 cm³/mol. The first-order chi connectivity index (χ1) is 16.0. The number of likely N-dealkylation sites (tertiary alicyclic amines) is 1. The number of aryl methyl sites for hydroxylation is 1. The van der Waals surface area contributed by atoms with Gasteiger partial charge < -0.3 is 19.3 Å². The third-order valence-electron chi connectivity index (χ3n) is 5.53. The molecule has 1 atom stereocenters. The summed E-state index contributed by atoms with van der Waals surface area (Å²) in [7, 11) is 0. The van der Waals surface area contributed by atoms with Gasteiger partial charge >= 0.3 is 0 Å². The fourth-order valence-electron chi connectivity index (χ4n) is 4.01. The molecule has 2 heterocycles. The first kappa shape index (κ1) is 22.6. The summed E-state index contributed by atoms with van der Waals surface area (Å²) in [5.41, 5.74) is 1.15. The number of ketones is 1. The van der Waals surface area contributed by atoms with Crippen LogP contribution in [0.25, 0.3) is 5.76 Å². The number of hydrogen-bond donors (Lipinski definition) is 1. The molecule has 33 heavy (non-hydrogen) atoms. The highest BCUT2D eigenvalue weighted by atomic mass is 35.5. The van der Waals surface area contributed by atoms with Crippen LogP contribution in [0, 0.1) is 0 Å². The van der Waals surface area contributed by atoms with Crippen LogP contribution in [-0.2, 0) is 16.1 Å². The molecule has 8 heteroatoms. The van der Waals surface area contributed by atoms with E-state index in [-0.39, 0.29) is 11.3 Å². The lowest BCUT2D eigenvalue weighted by molar-refractivity contribution is -0.139. The maximum absolute atomic E-state index is 13.1. The molecule has 0 aliphatic carbocycles. The van der Waals surface area contributed by atoms with Crippen molar-refractivity contribution in [2.24, 2.45) is 0 Å². The summed E-state index contributed by atoms with van der Waals surface area (Å²) in [6, 6.07) is 13.3. The molecular weight excluding hydrogens is 442 g/mol. The van der Waals surface area contributed by atoms with Crippen molar-refractivity contribution in [3.8, 4) is 5.75 Å². The van der Waals surface area contributed by atoms with Gasteiger partial charge in [-0.15, -0.1) is 0 Å². The second-order valence-electron chi connectivity index (χ2n) is 7.64. The van der Waals surface area contributed by atoms with Gasteiger partial charge in [-0.25, -0.2) is 4.98 Å². The highest BCUT2D eigenvalue weighted by molar-refractivity contribution is 6.46. The zero-order chi connectivity index (χ0) is 23.4. The number of ether oxygens (including phenoxy) is 1. The van der Waals surface area contributed by atoms with Gasteiger partial charge in [-0.05, 0) is 37.1 Å². The van der Waals surface area contributed by atoms with Crippen LogP contribution in [0.15, 0.2) is 72.8 Å². The van der Waals surface area contributed by atoms with E-state index < -0.39 is 17.7 Å². The lowest BCUT2D eigenvalue weighted by atomic mass is 9.95. The number of carbonyl (C=O) groups excluding carboxylic acids is 2. The van der Waals surface area contributed by atoms with Crippen LogP contribution in [0.2, 0.25) is 5.02 Å². The molecule has 7 nitrogen and oxygen atoms in total. The lowest BCUT2D eigenvalue weighted by Crippen LogP contribution is -2.31. The molecule has 1 fully saturated rings. The van der Waals surface area contributed by atoms with Crippen LogP contribution in [-0.4, -0.2) is 44.4 Å². The molecule has 1 saturated heterocycles. The van der Waals surface area contributed by atoms with E-state index in [2.05, 4.69) is 4.98 Å². The second kappa shape index (κ2) is 9.92. The van der Waals surface area contributed by atoms with Crippen LogP contribution in [0.1, 0.15) is 30.5 Å². The van der Waals surface area contributed by atoms with Crippen LogP contribution in [0.3, 0.4) is 0 Å². The molecule has 1 N–H and O–H groups in total. The topological polar surface area (TPSA) is 84.7 Å². The summed E-state index contributed by atoms with van der Waals surface area (Å²) in [5, 5.41) is 11.5. The van der Waals surface area contributed by atoms with Crippen molar-refractivity contribution in [1.29, 1.82) is 0 Å². The monoisotopic (exact) mass is 465 g/mol. The Morgan fingerprint density at radius 1 is 1.15 bits per heavy atom. The summed E-state index contributed by atoms with van der Waals surface area (Å²) in [4.78, 5) is 31.6. The number of nitrogens with zero attached hydrogens (tertiary/aromatic N) is 3. The molecule has 1 aliphatic heterocycles. The molecule has 0 spiro atoms. The van der Waals surface area contributed by atoms with Crippen molar-refractivity contribution in [1.82, 2.24) is 14.5 Å². The Labute approximate surface area is 196 Å². The van der Waals surface area contributed by atoms with Crippen LogP contribution in [0.5, 0.6) is 5.75 Å². The minimum atomic E-state index is -0.714. The number of carbonyl (C=O) groups is 2. The molecule has 0 unspecified atom stereocenters. The Hall–Kier alpha value is -3.58. The Balaban J connectivity index is 1.71. The Morgan fingerprint density at radius 2 is 1.94 bits per heavy atom. The van der Waals surface area contributed by atoms with E-state index in [4.69, 9.17) is 16.3 Å². The van der Waals surface area contributed by atoms with Gasteiger partial charge in [0.15, 0.2) is 0 Å². The predicted octanol–water partition coefficient (Wildman–Crippen LogP) is 4.45. The maximum Gasteiger partial charge on any atom is 0.295 e. The molecule has 2 aromatic carbocycles. The number of Topliss-reactive ketones (excluding diaryl/α,β-unsaturated/α-hetero) is 1. The van der Waals surface area contributed by atoms with Crippen molar-refractivity contribution in [2.45, 2.75) is 25.9 Å². The van der Waals surface area contributed by atoms with Crippen LogP contribution >= 0.6 is 11.6 Å². The molecule has 0 radical (unpaired) electrons. The fourth-order valence-corrected chi connectivity index (χ4v) is 4.25. The number of aliphatic hydroxyl groups excluding tert-OH is 1. The van der Waals surface area contributed by atoms with Crippen molar-refractivity contribution < 1.29 is 19.4 Å². The van der Waals surface area contributed by atoms with E-state index in [1.807, 2.05) is 48.0 Å². The van der Waals surface area contributed by atoms with Gasteiger partial charge in [-0.2, -0.15) is 0 Å². The molecule has 0 bridgehead atoms. The number of hydrogen-bond acceptors (Lipinski definition) is 5. The smallest absolute Gasteiger partial charge is 0.295 e. The van der Waals surface area contributed by atoms with Crippen molar-refractivity contribution in [2.75, 3.05) is 13.2 Å². The highest BCUT2D eigenvalue weighted by Crippen LogP contribution is 2.40. The lowest BCUT2D eigenvalue weighted by Gasteiger charge is -2.25. The van der Waals surface area contributed by atoms with E-state index >= 15 is 0 Å².